The number of rotatable bonds is 7. The number of Topliss-reactive ketones (excluding diaryl/α,β-unsaturated/α-hetero) is 1. The van der Waals surface area contributed by atoms with Gasteiger partial charge in [0.1, 0.15) is 6.61 Å². The van der Waals surface area contributed by atoms with E-state index in [0.717, 1.165) is 36.2 Å². The van der Waals surface area contributed by atoms with Crippen LogP contribution in [0.4, 0.5) is 0 Å². The van der Waals surface area contributed by atoms with E-state index < -0.39 is 11.9 Å². The van der Waals surface area contributed by atoms with Gasteiger partial charge in [-0.2, -0.15) is 0 Å². The van der Waals surface area contributed by atoms with Gasteiger partial charge >= 0.3 is 5.97 Å². The lowest BCUT2D eigenvalue weighted by molar-refractivity contribution is -0.141. The topological polar surface area (TPSA) is 77.5 Å². The summed E-state index contributed by atoms with van der Waals surface area (Å²) in [5, 5.41) is 3.28. The molecule has 0 spiro atoms. The molecule has 0 aromatic carbocycles. The zero-order valence-corrected chi connectivity index (χ0v) is 15.9. The first-order chi connectivity index (χ1) is 13.1. The number of carbonyl (C=O) groups excluding carboxylic acids is 2. The van der Waals surface area contributed by atoms with Gasteiger partial charge in [0.15, 0.2) is 5.78 Å². The molecule has 1 N–H and O–H groups in total. The highest BCUT2D eigenvalue weighted by molar-refractivity contribution is 6.03. The molecule has 6 heteroatoms. The van der Waals surface area contributed by atoms with E-state index in [0.29, 0.717) is 30.8 Å². The van der Waals surface area contributed by atoms with E-state index in [4.69, 9.17) is 9.47 Å². The minimum absolute atomic E-state index is 0.0849. The predicted molar refractivity (Wildman–Crippen MR) is 101 cm³/mol. The number of carbonyl (C=O) groups is 2. The Hall–Kier alpha value is -2.47. The summed E-state index contributed by atoms with van der Waals surface area (Å²) >= 11 is 0. The van der Waals surface area contributed by atoms with E-state index >= 15 is 0 Å². The summed E-state index contributed by atoms with van der Waals surface area (Å²) in [5.74, 6) is -0.771. The third-order valence-corrected chi connectivity index (χ3v) is 4.82. The fourth-order valence-electron chi connectivity index (χ4n) is 3.65. The molecule has 0 fully saturated rings. The van der Waals surface area contributed by atoms with Crippen molar-refractivity contribution in [3.8, 4) is 0 Å². The van der Waals surface area contributed by atoms with Crippen LogP contribution in [0.3, 0.4) is 0 Å². The van der Waals surface area contributed by atoms with Gasteiger partial charge in [-0.3, -0.25) is 9.78 Å². The number of dihydropyridines is 1. The molecule has 0 saturated carbocycles. The number of nitrogens with one attached hydrogen (secondary N) is 1. The molecule has 144 valence electrons. The number of pyridine rings is 1. The summed E-state index contributed by atoms with van der Waals surface area (Å²) in [5.41, 5.74) is 3.63. The fraction of sp³-hybridized carbons (Fsp3) is 0.476. The summed E-state index contributed by atoms with van der Waals surface area (Å²) < 4.78 is 10.8. The Morgan fingerprint density at radius 3 is 2.89 bits per heavy atom. The van der Waals surface area contributed by atoms with Gasteiger partial charge in [0.2, 0.25) is 0 Å². The first kappa shape index (κ1) is 19.3. The number of hydrogen-bond donors (Lipinski definition) is 1. The molecule has 1 aromatic rings. The molecule has 2 aliphatic rings. The SMILES string of the molecule is CCCOCCOC(=O)C1=C(C)NC2=C(C(=O)CCC2)C1c1cccnc1. The third kappa shape index (κ3) is 4.27. The standard InChI is InChI=1S/C21H26N2O4/c1-3-10-26-11-12-27-21(25)18-14(2)23-16-7-4-8-17(24)20(16)19(18)15-6-5-9-22-13-15/h5-6,9,13,19,23H,3-4,7-8,10-12H2,1-2H3. The van der Waals surface area contributed by atoms with E-state index in [9.17, 15) is 9.59 Å². The number of hydrogen-bond acceptors (Lipinski definition) is 6. The van der Waals surface area contributed by atoms with Crippen molar-refractivity contribution in [1.29, 1.82) is 0 Å². The maximum Gasteiger partial charge on any atom is 0.336 e. The second-order valence-corrected chi connectivity index (χ2v) is 6.80. The van der Waals surface area contributed by atoms with Gasteiger partial charge in [-0.05, 0) is 37.8 Å². The number of nitrogens with zero attached hydrogens (tertiary/aromatic N) is 1. The Morgan fingerprint density at radius 2 is 2.15 bits per heavy atom. The average Bonchev–Trinajstić information content (AvgIpc) is 2.67. The number of ether oxygens (including phenoxy) is 2. The van der Waals surface area contributed by atoms with Crippen LogP contribution in [-0.2, 0) is 19.1 Å². The predicted octanol–water partition coefficient (Wildman–Crippen LogP) is 3.02. The van der Waals surface area contributed by atoms with Crippen LogP contribution in [0, 0.1) is 0 Å². The molecule has 6 nitrogen and oxygen atoms in total. The molecule has 0 bridgehead atoms. The smallest absolute Gasteiger partial charge is 0.336 e. The van der Waals surface area contributed by atoms with E-state index in [1.807, 2.05) is 26.0 Å². The summed E-state index contributed by atoms with van der Waals surface area (Å²) in [4.78, 5) is 29.8. The van der Waals surface area contributed by atoms with Crippen LogP contribution in [-0.4, -0.2) is 36.6 Å². The van der Waals surface area contributed by atoms with E-state index in [1.165, 1.54) is 0 Å². The lowest BCUT2D eigenvalue weighted by Crippen LogP contribution is -2.34. The van der Waals surface area contributed by atoms with Gasteiger partial charge in [0.25, 0.3) is 0 Å². The molecule has 1 atom stereocenters. The quantitative estimate of drug-likeness (QED) is 0.587. The Morgan fingerprint density at radius 1 is 1.30 bits per heavy atom. The Kier molecular flexibility index (Phi) is 6.40. The molecule has 1 aromatic heterocycles. The number of allylic oxidation sites excluding steroid dienone is 3. The largest absolute Gasteiger partial charge is 0.460 e. The molecule has 1 aliphatic carbocycles. The minimum atomic E-state index is -0.438. The van der Waals surface area contributed by atoms with Crippen molar-refractivity contribution in [3.05, 3.63) is 52.6 Å². The zero-order chi connectivity index (χ0) is 19.2. The lowest BCUT2D eigenvalue weighted by atomic mass is 9.75. The Bertz CT molecular complexity index is 768. The van der Waals surface area contributed by atoms with Gasteiger partial charge in [0, 0.05) is 48.3 Å². The van der Waals surface area contributed by atoms with Crippen molar-refractivity contribution in [1.82, 2.24) is 10.3 Å². The second kappa shape index (κ2) is 8.95. The van der Waals surface area contributed by atoms with Crippen LogP contribution in [0.1, 0.15) is 51.0 Å². The summed E-state index contributed by atoms with van der Waals surface area (Å²) in [6.07, 6.45) is 6.46. The molecule has 0 amide bonds. The molecule has 0 saturated heterocycles. The van der Waals surface area contributed by atoms with Gasteiger partial charge < -0.3 is 14.8 Å². The maximum atomic E-state index is 12.9. The lowest BCUT2D eigenvalue weighted by Gasteiger charge is -2.34. The van der Waals surface area contributed by atoms with Crippen LogP contribution in [0.2, 0.25) is 0 Å². The van der Waals surface area contributed by atoms with Gasteiger partial charge in [0.05, 0.1) is 12.2 Å². The van der Waals surface area contributed by atoms with Crippen molar-refractivity contribution in [3.63, 3.8) is 0 Å². The Labute approximate surface area is 159 Å². The third-order valence-electron chi connectivity index (χ3n) is 4.82. The minimum Gasteiger partial charge on any atom is -0.460 e. The van der Waals surface area contributed by atoms with Crippen LogP contribution in [0.15, 0.2) is 47.1 Å². The summed E-state index contributed by atoms with van der Waals surface area (Å²) in [6.45, 7) is 5.08. The van der Waals surface area contributed by atoms with Gasteiger partial charge in [-0.1, -0.05) is 13.0 Å². The van der Waals surface area contributed by atoms with Crippen LogP contribution in [0.25, 0.3) is 0 Å². The molecular weight excluding hydrogens is 344 g/mol. The first-order valence-electron chi connectivity index (χ1n) is 9.52. The molecule has 1 unspecified atom stereocenters. The first-order valence-corrected chi connectivity index (χ1v) is 9.52. The van der Waals surface area contributed by atoms with Gasteiger partial charge in [-0.25, -0.2) is 4.79 Å². The molecule has 27 heavy (non-hydrogen) atoms. The maximum absolute atomic E-state index is 12.9. The number of ketones is 1. The normalized spacial score (nSPS) is 19.6. The highest BCUT2D eigenvalue weighted by Crippen LogP contribution is 2.42. The molecular formula is C21H26N2O4. The van der Waals surface area contributed by atoms with Crippen LogP contribution in [0.5, 0.6) is 0 Å². The Balaban J connectivity index is 1.88. The monoisotopic (exact) mass is 370 g/mol. The fourth-order valence-corrected chi connectivity index (χ4v) is 3.65. The van der Waals surface area contributed by atoms with Crippen molar-refractivity contribution >= 4 is 11.8 Å². The highest BCUT2D eigenvalue weighted by atomic mass is 16.6. The van der Waals surface area contributed by atoms with Crippen molar-refractivity contribution in [2.45, 2.75) is 45.4 Å². The zero-order valence-electron chi connectivity index (χ0n) is 15.9. The van der Waals surface area contributed by atoms with Crippen molar-refractivity contribution < 1.29 is 19.1 Å². The second-order valence-electron chi connectivity index (χ2n) is 6.80. The number of aromatic nitrogens is 1. The molecule has 0 radical (unpaired) electrons. The number of esters is 1. The summed E-state index contributed by atoms with van der Waals surface area (Å²) in [7, 11) is 0. The van der Waals surface area contributed by atoms with Crippen LogP contribution >= 0.6 is 0 Å². The summed E-state index contributed by atoms with van der Waals surface area (Å²) in [6, 6.07) is 3.72. The van der Waals surface area contributed by atoms with Crippen molar-refractivity contribution in [2.75, 3.05) is 19.8 Å². The van der Waals surface area contributed by atoms with Crippen molar-refractivity contribution in [2.24, 2.45) is 0 Å². The van der Waals surface area contributed by atoms with Gasteiger partial charge in [-0.15, -0.1) is 0 Å². The average molecular weight is 370 g/mol. The molecule has 3 rings (SSSR count). The van der Waals surface area contributed by atoms with E-state index in [1.54, 1.807) is 12.4 Å². The highest BCUT2D eigenvalue weighted by Gasteiger charge is 2.39. The van der Waals surface area contributed by atoms with Crippen LogP contribution < -0.4 is 5.32 Å². The van der Waals surface area contributed by atoms with E-state index in [-0.39, 0.29) is 12.4 Å². The van der Waals surface area contributed by atoms with E-state index in [2.05, 4.69) is 10.3 Å². The molecule has 1 aliphatic heterocycles. The molecule has 2 heterocycles.